The summed E-state index contributed by atoms with van der Waals surface area (Å²) in [5, 5.41) is 26.2. The standard InChI is InChI=1S/C18H16FN3O3/c1-18(2,25)12-6-7-14(15(19)9-12)11-4-3-5-13(8-11)22-10-16(17(23)24)20-21-22/h3-10,25H,1-2H3,(H,23,24). The van der Waals surface area contributed by atoms with E-state index in [9.17, 15) is 14.3 Å². The monoisotopic (exact) mass is 341 g/mol. The van der Waals surface area contributed by atoms with E-state index in [4.69, 9.17) is 5.11 Å². The largest absolute Gasteiger partial charge is 0.476 e. The third-order valence-corrected chi connectivity index (χ3v) is 3.81. The Labute approximate surface area is 143 Å². The van der Waals surface area contributed by atoms with E-state index < -0.39 is 17.4 Å². The van der Waals surface area contributed by atoms with Gasteiger partial charge in [-0.05, 0) is 43.2 Å². The summed E-state index contributed by atoms with van der Waals surface area (Å²) in [6.07, 6.45) is 1.29. The van der Waals surface area contributed by atoms with Gasteiger partial charge in [0.1, 0.15) is 5.82 Å². The Bertz CT molecular complexity index is 945. The zero-order chi connectivity index (χ0) is 18.2. The number of carboxylic acid groups (broad SMARTS) is 1. The molecule has 0 radical (unpaired) electrons. The lowest BCUT2D eigenvalue weighted by molar-refractivity contribution is 0.0689. The highest BCUT2D eigenvalue weighted by molar-refractivity contribution is 5.84. The quantitative estimate of drug-likeness (QED) is 0.761. The molecule has 0 bridgehead atoms. The summed E-state index contributed by atoms with van der Waals surface area (Å²) in [7, 11) is 0. The van der Waals surface area contributed by atoms with E-state index >= 15 is 0 Å². The van der Waals surface area contributed by atoms with Crippen LogP contribution in [-0.4, -0.2) is 31.2 Å². The number of carboxylic acids is 1. The Morgan fingerprint density at radius 3 is 2.56 bits per heavy atom. The summed E-state index contributed by atoms with van der Waals surface area (Å²) in [4.78, 5) is 10.9. The topological polar surface area (TPSA) is 88.2 Å². The third-order valence-electron chi connectivity index (χ3n) is 3.81. The van der Waals surface area contributed by atoms with Crippen LogP contribution in [0.1, 0.15) is 29.9 Å². The van der Waals surface area contributed by atoms with Gasteiger partial charge in [0.05, 0.1) is 17.5 Å². The van der Waals surface area contributed by atoms with Crippen molar-refractivity contribution in [2.24, 2.45) is 0 Å². The van der Waals surface area contributed by atoms with Crippen molar-refractivity contribution in [2.45, 2.75) is 19.4 Å². The van der Waals surface area contributed by atoms with Crippen LogP contribution in [0.4, 0.5) is 4.39 Å². The predicted molar refractivity (Wildman–Crippen MR) is 89.0 cm³/mol. The lowest BCUT2D eigenvalue weighted by Crippen LogP contribution is -2.15. The molecule has 0 fully saturated rings. The number of halogens is 1. The number of aromatic carboxylic acids is 1. The lowest BCUT2D eigenvalue weighted by atomic mass is 9.95. The van der Waals surface area contributed by atoms with Gasteiger partial charge in [-0.3, -0.25) is 0 Å². The highest BCUT2D eigenvalue weighted by Gasteiger charge is 2.18. The molecule has 3 rings (SSSR count). The molecule has 1 aromatic heterocycles. The van der Waals surface area contributed by atoms with Gasteiger partial charge in [0.15, 0.2) is 5.69 Å². The first-order valence-electron chi connectivity index (χ1n) is 7.54. The molecule has 0 aliphatic rings. The molecule has 0 amide bonds. The first-order valence-corrected chi connectivity index (χ1v) is 7.54. The van der Waals surface area contributed by atoms with Gasteiger partial charge in [-0.25, -0.2) is 13.9 Å². The number of aromatic nitrogens is 3. The second-order valence-corrected chi connectivity index (χ2v) is 6.16. The summed E-state index contributed by atoms with van der Waals surface area (Å²) in [5.74, 6) is -1.63. The minimum absolute atomic E-state index is 0.175. The SMILES string of the molecule is CC(C)(O)c1ccc(-c2cccc(-n3cc(C(=O)O)nn3)c2)c(F)c1. The number of rotatable bonds is 4. The molecule has 0 aliphatic heterocycles. The van der Waals surface area contributed by atoms with Crippen LogP contribution in [0.5, 0.6) is 0 Å². The molecular formula is C18H16FN3O3. The van der Waals surface area contributed by atoms with E-state index in [0.717, 1.165) is 0 Å². The van der Waals surface area contributed by atoms with Gasteiger partial charge in [-0.15, -0.1) is 5.10 Å². The van der Waals surface area contributed by atoms with Crippen LogP contribution in [0.3, 0.4) is 0 Å². The molecule has 0 spiro atoms. The van der Waals surface area contributed by atoms with Crippen molar-refractivity contribution < 1.29 is 19.4 Å². The molecule has 7 heteroatoms. The van der Waals surface area contributed by atoms with Crippen LogP contribution < -0.4 is 0 Å². The Morgan fingerprint density at radius 2 is 1.96 bits per heavy atom. The predicted octanol–water partition coefficient (Wildman–Crippen LogP) is 3.00. The van der Waals surface area contributed by atoms with Crippen LogP contribution in [-0.2, 0) is 5.60 Å². The smallest absolute Gasteiger partial charge is 0.358 e. The average molecular weight is 341 g/mol. The Balaban J connectivity index is 2.00. The highest BCUT2D eigenvalue weighted by atomic mass is 19.1. The van der Waals surface area contributed by atoms with Crippen molar-refractivity contribution in [1.29, 1.82) is 0 Å². The van der Waals surface area contributed by atoms with Crippen LogP contribution in [0.2, 0.25) is 0 Å². The number of benzene rings is 2. The molecular weight excluding hydrogens is 325 g/mol. The van der Waals surface area contributed by atoms with Crippen molar-refractivity contribution in [3.63, 3.8) is 0 Å². The molecule has 25 heavy (non-hydrogen) atoms. The van der Waals surface area contributed by atoms with Crippen molar-refractivity contribution in [1.82, 2.24) is 15.0 Å². The number of hydrogen-bond donors (Lipinski definition) is 2. The van der Waals surface area contributed by atoms with Crippen molar-refractivity contribution in [3.8, 4) is 16.8 Å². The van der Waals surface area contributed by atoms with Crippen LogP contribution in [0.25, 0.3) is 16.8 Å². The summed E-state index contributed by atoms with van der Waals surface area (Å²) in [6, 6.07) is 11.4. The first-order chi connectivity index (χ1) is 11.8. The maximum absolute atomic E-state index is 14.5. The maximum Gasteiger partial charge on any atom is 0.358 e. The Morgan fingerprint density at radius 1 is 1.20 bits per heavy atom. The van der Waals surface area contributed by atoms with Crippen molar-refractivity contribution >= 4 is 5.97 Å². The zero-order valence-electron chi connectivity index (χ0n) is 13.6. The maximum atomic E-state index is 14.5. The second-order valence-electron chi connectivity index (χ2n) is 6.16. The number of aliphatic hydroxyl groups is 1. The number of carbonyl (C=O) groups is 1. The van der Waals surface area contributed by atoms with E-state index in [0.29, 0.717) is 22.4 Å². The van der Waals surface area contributed by atoms with Gasteiger partial charge >= 0.3 is 5.97 Å². The third kappa shape index (κ3) is 3.41. The van der Waals surface area contributed by atoms with E-state index in [1.807, 2.05) is 0 Å². The molecule has 0 saturated carbocycles. The molecule has 6 nitrogen and oxygen atoms in total. The summed E-state index contributed by atoms with van der Waals surface area (Å²) < 4.78 is 15.8. The molecule has 128 valence electrons. The summed E-state index contributed by atoms with van der Waals surface area (Å²) in [6.45, 7) is 3.18. The summed E-state index contributed by atoms with van der Waals surface area (Å²) >= 11 is 0. The van der Waals surface area contributed by atoms with Gasteiger partial charge < -0.3 is 10.2 Å². The van der Waals surface area contributed by atoms with E-state index in [-0.39, 0.29) is 5.69 Å². The Kier molecular flexibility index (Phi) is 4.10. The van der Waals surface area contributed by atoms with Gasteiger partial charge in [-0.1, -0.05) is 29.5 Å². The van der Waals surface area contributed by atoms with Gasteiger partial charge in [0.25, 0.3) is 0 Å². The molecule has 2 aromatic carbocycles. The van der Waals surface area contributed by atoms with Crippen molar-refractivity contribution in [2.75, 3.05) is 0 Å². The molecule has 0 aliphatic carbocycles. The van der Waals surface area contributed by atoms with Gasteiger partial charge in [0, 0.05) is 5.56 Å². The van der Waals surface area contributed by atoms with Gasteiger partial charge in [0.2, 0.25) is 0 Å². The van der Waals surface area contributed by atoms with Crippen molar-refractivity contribution in [3.05, 3.63) is 65.7 Å². The molecule has 0 atom stereocenters. The average Bonchev–Trinajstić information content (AvgIpc) is 3.04. The fraction of sp³-hybridized carbons (Fsp3) is 0.167. The van der Waals surface area contributed by atoms with Crippen LogP contribution >= 0.6 is 0 Å². The molecule has 2 N–H and O–H groups in total. The van der Waals surface area contributed by atoms with E-state index in [1.165, 1.54) is 16.9 Å². The lowest BCUT2D eigenvalue weighted by Gasteiger charge is -2.18. The van der Waals surface area contributed by atoms with Crippen LogP contribution in [0.15, 0.2) is 48.7 Å². The summed E-state index contributed by atoms with van der Waals surface area (Å²) in [5.41, 5.74) is 0.704. The second kappa shape index (κ2) is 6.10. The molecule has 0 unspecified atom stereocenters. The highest BCUT2D eigenvalue weighted by Crippen LogP contribution is 2.28. The fourth-order valence-corrected chi connectivity index (χ4v) is 2.43. The number of hydrogen-bond acceptors (Lipinski definition) is 4. The zero-order valence-corrected chi connectivity index (χ0v) is 13.6. The minimum Gasteiger partial charge on any atom is -0.476 e. The molecule has 1 heterocycles. The molecule has 3 aromatic rings. The van der Waals surface area contributed by atoms with Crippen LogP contribution in [0, 0.1) is 5.82 Å². The molecule has 0 saturated heterocycles. The Hall–Kier alpha value is -3.06. The van der Waals surface area contributed by atoms with E-state index in [2.05, 4.69) is 10.3 Å². The normalized spacial score (nSPS) is 11.5. The minimum atomic E-state index is -1.17. The first kappa shape index (κ1) is 16.8. The van der Waals surface area contributed by atoms with E-state index in [1.54, 1.807) is 50.2 Å². The fourth-order valence-electron chi connectivity index (χ4n) is 2.43. The number of nitrogens with zero attached hydrogens (tertiary/aromatic N) is 3. The van der Waals surface area contributed by atoms with Gasteiger partial charge in [-0.2, -0.15) is 0 Å².